The average molecular weight is 280 g/mol. The van der Waals surface area contributed by atoms with E-state index in [1.807, 2.05) is 0 Å². The van der Waals surface area contributed by atoms with E-state index < -0.39 is 17.5 Å². The van der Waals surface area contributed by atoms with Gasteiger partial charge in [0.25, 0.3) is 0 Å². The molecular weight excluding hydrogens is 263 g/mol. The molecule has 0 radical (unpaired) electrons. The van der Waals surface area contributed by atoms with Crippen molar-refractivity contribution in [1.29, 1.82) is 0 Å². The molecule has 0 saturated heterocycles. The summed E-state index contributed by atoms with van der Waals surface area (Å²) in [7, 11) is 0. The zero-order valence-electron chi connectivity index (χ0n) is 11.0. The fourth-order valence-corrected chi connectivity index (χ4v) is 2.46. The van der Waals surface area contributed by atoms with E-state index in [0.717, 1.165) is 12.8 Å². The SMILES string of the molecule is O=C(NCc1cccc(F)c1)NC1(C(=O)O)CCCC1. The number of carboxylic acid groups (broad SMARTS) is 1. The standard InChI is InChI=1S/C14H17FN2O3/c15-11-5-3-4-10(8-11)9-16-13(20)17-14(12(18)19)6-1-2-7-14/h3-5,8H,1-2,6-7,9H2,(H,18,19)(H2,16,17,20). The van der Waals surface area contributed by atoms with Crippen molar-refractivity contribution in [3.63, 3.8) is 0 Å². The van der Waals surface area contributed by atoms with Crippen LogP contribution < -0.4 is 10.6 Å². The Balaban J connectivity index is 1.90. The zero-order valence-corrected chi connectivity index (χ0v) is 11.0. The molecule has 2 rings (SSSR count). The predicted molar refractivity (Wildman–Crippen MR) is 70.6 cm³/mol. The van der Waals surface area contributed by atoms with E-state index in [4.69, 9.17) is 0 Å². The van der Waals surface area contributed by atoms with Gasteiger partial charge in [0.2, 0.25) is 0 Å². The van der Waals surface area contributed by atoms with E-state index in [9.17, 15) is 19.1 Å². The third kappa shape index (κ3) is 3.26. The maximum atomic E-state index is 13.0. The Hall–Kier alpha value is -2.11. The molecule has 1 fully saturated rings. The molecule has 0 unspecified atom stereocenters. The molecule has 5 nitrogen and oxygen atoms in total. The van der Waals surface area contributed by atoms with Crippen LogP contribution in [0.5, 0.6) is 0 Å². The number of benzene rings is 1. The van der Waals surface area contributed by atoms with Crippen LogP contribution in [-0.2, 0) is 11.3 Å². The molecule has 1 aliphatic rings. The molecule has 0 heterocycles. The van der Waals surface area contributed by atoms with Gasteiger partial charge >= 0.3 is 12.0 Å². The highest BCUT2D eigenvalue weighted by Gasteiger charge is 2.42. The fraction of sp³-hybridized carbons (Fsp3) is 0.429. The lowest BCUT2D eigenvalue weighted by molar-refractivity contribution is -0.144. The third-order valence-electron chi connectivity index (χ3n) is 3.56. The van der Waals surface area contributed by atoms with Gasteiger partial charge in [-0.1, -0.05) is 25.0 Å². The Morgan fingerprint density at radius 2 is 2.00 bits per heavy atom. The number of urea groups is 1. The van der Waals surface area contributed by atoms with Gasteiger partial charge in [0, 0.05) is 6.54 Å². The summed E-state index contributed by atoms with van der Waals surface area (Å²) < 4.78 is 13.0. The normalized spacial score (nSPS) is 16.6. The maximum Gasteiger partial charge on any atom is 0.329 e. The second-order valence-corrected chi connectivity index (χ2v) is 5.03. The van der Waals surface area contributed by atoms with Crippen molar-refractivity contribution in [2.24, 2.45) is 0 Å². The summed E-state index contributed by atoms with van der Waals surface area (Å²) >= 11 is 0. The van der Waals surface area contributed by atoms with Gasteiger partial charge in [-0.15, -0.1) is 0 Å². The average Bonchev–Trinajstić information content (AvgIpc) is 2.86. The highest BCUT2D eigenvalue weighted by Crippen LogP contribution is 2.29. The van der Waals surface area contributed by atoms with Crippen LogP contribution in [0.25, 0.3) is 0 Å². The van der Waals surface area contributed by atoms with Crippen LogP contribution in [0.3, 0.4) is 0 Å². The van der Waals surface area contributed by atoms with Crippen molar-refractivity contribution in [3.05, 3.63) is 35.6 Å². The maximum absolute atomic E-state index is 13.0. The molecule has 3 N–H and O–H groups in total. The number of carboxylic acids is 1. The molecule has 0 atom stereocenters. The van der Waals surface area contributed by atoms with Crippen molar-refractivity contribution in [2.75, 3.05) is 0 Å². The highest BCUT2D eigenvalue weighted by molar-refractivity contribution is 5.86. The highest BCUT2D eigenvalue weighted by atomic mass is 19.1. The topological polar surface area (TPSA) is 78.4 Å². The minimum atomic E-state index is -1.16. The van der Waals surface area contributed by atoms with E-state index in [-0.39, 0.29) is 12.4 Å². The van der Waals surface area contributed by atoms with E-state index >= 15 is 0 Å². The predicted octanol–water partition coefficient (Wildman–Crippen LogP) is 2.02. The molecule has 0 aliphatic heterocycles. The molecule has 1 saturated carbocycles. The van der Waals surface area contributed by atoms with Crippen LogP contribution in [0, 0.1) is 5.82 Å². The summed E-state index contributed by atoms with van der Waals surface area (Å²) in [5.74, 6) is -1.38. The third-order valence-corrected chi connectivity index (χ3v) is 3.56. The molecule has 2 amide bonds. The van der Waals surface area contributed by atoms with Crippen molar-refractivity contribution < 1.29 is 19.1 Å². The molecular formula is C14H17FN2O3. The number of aliphatic carboxylic acids is 1. The molecule has 0 aromatic heterocycles. The number of carbonyl (C=O) groups excluding carboxylic acids is 1. The Labute approximate surface area is 116 Å². The molecule has 20 heavy (non-hydrogen) atoms. The number of amides is 2. The first kappa shape index (κ1) is 14.3. The first-order valence-electron chi connectivity index (χ1n) is 6.56. The van der Waals surface area contributed by atoms with Gasteiger partial charge in [-0.3, -0.25) is 0 Å². The van der Waals surface area contributed by atoms with E-state index in [2.05, 4.69) is 10.6 Å². The Kier molecular flexibility index (Phi) is 4.22. The summed E-state index contributed by atoms with van der Waals surface area (Å²) in [6, 6.07) is 5.34. The second kappa shape index (κ2) is 5.90. The summed E-state index contributed by atoms with van der Waals surface area (Å²) in [5, 5.41) is 14.3. The molecule has 1 aromatic carbocycles. The van der Waals surface area contributed by atoms with Crippen LogP contribution in [0.4, 0.5) is 9.18 Å². The summed E-state index contributed by atoms with van der Waals surface area (Å²) in [6.45, 7) is 0.152. The minimum absolute atomic E-state index is 0.152. The number of halogens is 1. The van der Waals surface area contributed by atoms with Gasteiger partial charge in [-0.05, 0) is 30.5 Å². The van der Waals surface area contributed by atoms with Gasteiger partial charge in [-0.25, -0.2) is 14.0 Å². The van der Waals surface area contributed by atoms with Crippen LogP contribution in [0.2, 0.25) is 0 Å². The van der Waals surface area contributed by atoms with Crippen LogP contribution in [-0.4, -0.2) is 22.6 Å². The number of rotatable bonds is 4. The first-order valence-corrected chi connectivity index (χ1v) is 6.56. The van der Waals surface area contributed by atoms with Gasteiger partial charge in [-0.2, -0.15) is 0 Å². The Morgan fingerprint density at radius 1 is 1.30 bits per heavy atom. The molecule has 1 aliphatic carbocycles. The smallest absolute Gasteiger partial charge is 0.329 e. The lowest BCUT2D eigenvalue weighted by atomic mass is 9.98. The van der Waals surface area contributed by atoms with Gasteiger partial charge in [0.1, 0.15) is 11.4 Å². The summed E-state index contributed by atoms with van der Waals surface area (Å²) in [6.07, 6.45) is 2.46. The van der Waals surface area contributed by atoms with Crippen molar-refractivity contribution in [2.45, 2.75) is 37.8 Å². The van der Waals surface area contributed by atoms with Crippen LogP contribution in [0.1, 0.15) is 31.2 Å². The summed E-state index contributed by atoms with van der Waals surface area (Å²) in [5.41, 5.74) is -0.539. The molecule has 1 aromatic rings. The monoisotopic (exact) mass is 280 g/mol. The van der Waals surface area contributed by atoms with Crippen molar-refractivity contribution in [3.8, 4) is 0 Å². The first-order chi connectivity index (χ1) is 9.52. The van der Waals surface area contributed by atoms with Gasteiger partial charge in [0.15, 0.2) is 0 Å². The molecule has 0 bridgehead atoms. The van der Waals surface area contributed by atoms with Gasteiger partial charge < -0.3 is 15.7 Å². The number of nitrogens with one attached hydrogen (secondary N) is 2. The Bertz CT molecular complexity index is 513. The fourth-order valence-electron chi connectivity index (χ4n) is 2.46. The zero-order chi connectivity index (χ0) is 14.6. The van der Waals surface area contributed by atoms with Gasteiger partial charge in [0.05, 0.1) is 0 Å². The Morgan fingerprint density at radius 3 is 2.60 bits per heavy atom. The van der Waals surface area contributed by atoms with E-state index in [0.29, 0.717) is 18.4 Å². The lowest BCUT2D eigenvalue weighted by Crippen LogP contribution is -2.55. The quantitative estimate of drug-likeness (QED) is 0.789. The van der Waals surface area contributed by atoms with Crippen LogP contribution >= 0.6 is 0 Å². The van der Waals surface area contributed by atoms with E-state index in [1.165, 1.54) is 12.1 Å². The minimum Gasteiger partial charge on any atom is -0.480 e. The lowest BCUT2D eigenvalue weighted by Gasteiger charge is -2.25. The second-order valence-electron chi connectivity index (χ2n) is 5.03. The van der Waals surface area contributed by atoms with E-state index in [1.54, 1.807) is 12.1 Å². The molecule has 108 valence electrons. The number of hydrogen-bond acceptors (Lipinski definition) is 2. The van der Waals surface area contributed by atoms with Crippen LogP contribution in [0.15, 0.2) is 24.3 Å². The van der Waals surface area contributed by atoms with Crippen molar-refractivity contribution in [1.82, 2.24) is 10.6 Å². The van der Waals surface area contributed by atoms with Crippen molar-refractivity contribution >= 4 is 12.0 Å². The number of carbonyl (C=O) groups is 2. The number of hydrogen-bond donors (Lipinski definition) is 3. The molecule has 6 heteroatoms. The largest absolute Gasteiger partial charge is 0.480 e. The molecule has 0 spiro atoms. The summed E-state index contributed by atoms with van der Waals surface area (Å²) in [4.78, 5) is 23.1.